The zero-order valence-corrected chi connectivity index (χ0v) is 10.4. The molecule has 1 aromatic heterocycles. The molecule has 0 amide bonds. The van der Waals surface area contributed by atoms with Crippen LogP contribution in [0.2, 0.25) is 0 Å². The van der Waals surface area contributed by atoms with Gasteiger partial charge in [-0.1, -0.05) is 0 Å². The summed E-state index contributed by atoms with van der Waals surface area (Å²) in [6.07, 6.45) is -2.24. The molecule has 1 unspecified atom stereocenters. The van der Waals surface area contributed by atoms with E-state index in [0.717, 1.165) is 18.5 Å². The molecule has 1 rings (SSSR count). The molecule has 1 heterocycles. The Hall–Kier alpha value is -1.22. The van der Waals surface area contributed by atoms with Crippen molar-refractivity contribution in [2.45, 2.75) is 12.2 Å². The molecule has 1 aromatic rings. The Morgan fingerprint density at radius 3 is 2.74 bits per heavy atom. The number of methoxy groups -OCH3 is 1. The number of nitrogens with zero attached hydrogens (tertiary/aromatic N) is 1. The van der Waals surface area contributed by atoms with E-state index in [9.17, 15) is 13.2 Å². The molecule has 0 saturated carbocycles. The quantitative estimate of drug-likeness (QED) is 0.447. The number of hydrogen-bond donors (Lipinski definition) is 2. The van der Waals surface area contributed by atoms with E-state index in [1.54, 1.807) is 0 Å². The van der Waals surface area contributed by atoms with E-state index in [4.69, 9.17) is 15.3 Å². The molecule has 5 nitrogen and oxygen atoms in total. The van der Waals surface area contributed by atoms with Gasteiger partial charge in [-0.3, -0.25) is 16.3 Å². The first-order chi connectivity index (χ1) is 9.00. The van der Waals surface area contributed by atoms with Crippen LogP contribution in [0.1, 0.15) is 17.2 Å². The first-order valence-electron chi connectivity index (χ1n) is 5.54. The van der Waals surface area contributed by atoms with Gasteiger partial charge in [-0.05, 0) is 6.07 Å². The highest BCUT2D eigenvalue weighted by Crippen LogP contribution is 2.33. The van der Waals surface area contributed by atoms with Crippen LogP contribution in [0.5, 0.6) is 0 Å². The molecular formula is C11H16F3N3O2. The minimum atomic E-state index is -4.46. The van der Waals surface area contributed by atoms with E-state index in [2.05, 4.69) is 10.4 Å². The van der Waals surface area contributed by atoms with E-state index < -0.39 is 17.8 Å². The fourth-order valence-electron chi connectivity index (χ4n) is 1.51. The fourth-order valence-corrected chi connectivity index (χ4v) is 1.51. The van der Waals surface area contributed by atoms with Gasteiger partial charge in [-0.15, -0.1) is 0 Å². The number of halogens is 3. The Balaban J connectivity index is 2.80. The standard InChI is InChI=1S/C11H16F3N3O2/c1-18-4-5-19-7-10(17-15)8-6-16-3-2-9(8)11(12,13)14/h2-3,6,10,17H,4-5,7,15H2,1H3. The number of alkyl halides is 3. The number of rotatable bonds is 7. The Bertz CT molecular complexity index is 388. The van der Waals surface area contributed by atoms with Crippen molar-refractivity contribution in [3.63, 3.8) is 0 Å². The number of hydrazine groups is 1. The van der Waals surface area contributed by atoms with Gasteiger partial charge in [0, 0.05) is 25.1 Å². The minimum Gasteiger partial charge on any atom is -0.382 e. The topological polar surface area (TPSA) is 69.4 Å². The van der Waals surface area contributed by atoms with E-state index in [1.807, 2.05) is 0 Å². The van der Waals surface area contributed by atoms with Crippen LogP contribution in [0.4, 0.5) is 13.2 Å². The normalized spacial score (nSPS) is 13.5. The summed E-state index contributed by atoms with van der Waals surface area (Å²) in [5.74, 6) is 5.28. The van der Waals surface area contributed by atoms with Crippen molar-refractivity contribution in [2.24, 2.45) is 5.84 Å². The number of nitrogens with two attached hydrogens (primary N) is 1. The van der Waals surface area contributed by atoms with Gasteiger partial charge < -0.3 is 9.47 Å². The van der Waals surface area contributed by atoms with Gasteiger partial charge in [0.2, 0.25) is 0 Å². The number of hydrogen-bond acceptors (Lipinski definition) is 5. The van der Waals surface area contributed by atoms with E-state index in [-0.39, 0.29) is 18.8 Å². The Kier molecular flexibility index (Phi) is 6.16. The predicted molar refractivity (Wildman–Crippen MR) is 62.0 cm³/mol. The highest BCUT2D eigenvalue weighted by atomic mass is 19.4. The molecule has 0 aliphatic carbocycles. The average Bonchev–Trinajstić information content (AvgIpc) is 2.38. The van der Waals surface area contributed by atoms with Crippen LogP contribution < -0.4 is 11.3 Å². The third-order valence-corrected chi connectivity index (χ3v) is 2.45. The van der Waals surface area contributed by atoms with Crippen molar-refractivity contribution in [3.05, 3.63) is 29.6 Å². The first-order valence-corrected chi connectivity index (χ1v) is 5.54. The third-order valence-electron chi connectivity index (χ3n) is 2.45. The summed E-state index contributed by atoms with van der Waals surface area (Å²) in [6, 6.07) is 0.122. The Morgan fingerprint density at radius 1 is 1.42 bits per heavy atom. The van der Waals surface area contributed by atoms with Crippen LogP contribution >= 0.6 is 0 Å². The highest BCUT2D eigenvalue weighted by Gasteiger charge is 2.35. The molecule has 0 saturated heterocycles. The molecule has 0 radical (unpaired) electrons. The zero-order valence-electron chi connectivity index (χ0n) is 10.4. The fraction of sp³-hybridized carbons (Fsp3) is 0.545. The second kappa shape index (κ2) is 7.39. The number of pyridine rings is 1. The maximum atomic E-state index is 12.8. The third kappa shape index (κ3) is 4.75. The van der Waals surface area contributed by atoms with E-state index >= 15 is 0 Å². The van der Waals surface area contributed by atoms with Gasteiger partial charge in [0.1, 0.15) is 0 Å². The van der Waals surface area contributed by atoms with Crippen molar-refractivity contribution in [1.82, 2.24) is 10.4 Å². The van der Waals surface area contributed by atoms with Gasteiger partial charge in [-0.2, -0.15) is 13.2 Å². The molecule has 3 N–H and O–H groups in total. The van der Waals surface area contributed by atoms with Crippen LogP contribution in [-0.2, 0) is 15.7 Å². The molecule has 1 atom stereocenters. The second-order valence-electron chi connectivity index (χ2n) is 3.75. The lowest BCUT2D eigenvalue weighted by Gasteiger charge is -2.20. The van der Waals surface area contributed by atoms with E-state index in [1.165, 1.54) is 7.11 Å². The summed E-state index contributed by atoms with van der Waals surface area (Å²) in [5, 5.41) is 0. The molecule has 0 bridgehead atoms. The molecule has 108 valence electrons. The van der Waals surface area contributed by atoms with Crippen LogP contribution in [0.15, 0.2) is 18.5 Å². The molecule has 0 fully saturated rings. The lowest BCUT2D eigenvalue weighted by atomic mass is 10.0. The van der Waals surface area contributed by atoms with Gasteiger partial charge in [-0.25, -0.2) is 0 Å². The number of nitrogens with one attached hydrogen (secondary N) is 1. The predicted octanol–water partition coefficient (Wildman–Crippen LogP) is 1.27. The SMILES string of the molecule is COCCOCC(NN)c1cnccc1C(F)(F)F. The van der Waals surface area contributed by atoms with Crippen molar-refractivity contribution >= 4 is 0 Å². The molecule has 0 spiro atoms. The summed E-state index contributed by atoms with van der Waals surface area (Å²) >= 11 is 0. The molecule has 0 aliphatic heterocycles. The zero-order chi connectivity index (χ0) is 14.3. The molecule has 0 aromatic carbocycles. The molecular weight excluding hydrogens is 263 g/mol. The lowest BCUT2D eigenvalue weighted by molar-refractivity contribution is -0.138. The number of ether oxygens (including phenoxy) is 2. The minimum absolute atomic E-state index is 0.00532. The van der Waals surface area contributed by atoms with Crippen molar-refractivity contribution in [1.29, 1.82) is 0 Å². The molecule has 8 heteroatoms. The van der Waals surface area contributed by atoms with Crippen molar-refractivity contribution in [2.75, 3.05) is 26.9 Å². The maximum Gasteiger partial charge on any atom is 0.416 e. The van der Waals surface area contributed by atoms with E-state index in [0.29, 0.717) is 6.61 Å². The Morgan fingerprint density at radius 2 is 2.16 bits per heavy atom. The summed E-state index contributed by atoms with van der Waals surface area (Å²) in [4.78, 5) is 3.70. The summed E-state index contributed by atoms with van der Waals surface area (Å²) in [5.41, 5.74) is 1.48. The van der Waals surface area contributed by atoms with Crippen molar-refractivity contribution in [3.8, 4) is 0 Å². The van der Waals surface area contributed by atoms with Crippen LogP contribution in [-0.4, -0.2) is 31.9 Å². The van der Waals surface area contributed by atoms with Gasteiger partial charge in [0.15, 0.2) is 0 Å². The summed E-state index contributed by atoms with van der Waals surface area (Å²) in [7, 11) is 1.50. The van der Waals surface area contributed by atoms with Crippen molar-refractivity contribution < 1.29 is 22.6 Å². The first kappa shape index (κ1) is 15.8. The summed E-state index contributed by atoms with van der Waals surface area (Å²) in [6.45, 7) is 0.626. The van der Waals surface area contributed by atoms with Crippen LogP contribution in [0, 0.1) is 0 Å². The Labute approximate surface area is 108 Å². The van der Waals surface area contributed by atoms with Crippen LogP contribution in [0.3, 0.4) is 0 Å². The van der Waals surface area contributed by atoms with Gasteiger partial charge in [0.25, 0.3) is 0 Å². The largest absolute Gasteiger partial charge is 0.416 e. The maximum absolute atomic E-state index is 12.8. The lowest BCUT2D eigenvalue weighted by Crippen LogP contribution is -2.33. The average molecular weight is 279 g/mol. The summed E-state index contributed by atoms with van der Waals surface area (Å²) < 4.78 is 48.5. The second-order valence-corrected chi connectivity index (χ2v) is 3.75. The molecule has 0 aliphatic rings. The number of aromatic nitrogens is 1. The van der Waals surface area contributed by atoms with Gasteiger partial charge >= 0.3 is 6.18 Å². The smallest absolute Gasteiger partial charge is 0.382 e. The van der Waals surface area contributed by atoms with Gasteiger partial charge in [0.05, 0.1) is 31.4 Å². The monoisotopic (exact) mass is 279 g/mol. The highest BCUT2D eigenvalue weighted by molar-refractivity contribution is 5.29. The molecule has 19 heavy (non-hydrogen) atoms. The van der Waals surface area contributed by atoms with Crippen LogP contribution in [0.25, 0.3) is 0 Å².